The lowest BCUT2D eigenvalue weighted by Crippen LogP contribution is -2.51. The third-order valence-corrected chi connectivity index (χ3v) is 8.20. The van der Waals surface area contributed by atoms with Crippen molar-refractivity contribution in [1.82, 2.24) is 10.2 Å². The maximum absolute atomic E-state index is 13.8. The second-order valence-electron chi connectivity index (χ2n) is 8.13. The van der Waals surface area contributed by atoms with Crippen molar-refractivity contribution in [3.63, 3.8) is 0 Å². The van der Waals surface area contributed by atoms with Gasteiger partial charge < -0.3 is 10.2 Å². The second-order valence-corrected chi connectivity index (χ2v) is 11.3. The molecule has 0 heterocycles. The molecule has 11 heteroatoms. The Bertz CT molecular complexity index is 1350. The molecular formula is C26H26Cl3N3O4S. The Hall–Kier alpha value is -2.78. The summed E-state index contributed by atoms with van der Waals surface area (Å²) in [5, 5.41) is 3.79. The van der Waals surface area contributed by atoms with Crippen LogP contribution in [0, 0.1) is 0 Å². The van der Waals surface area contributed by atoms with Crippen LogP contribution in [0.3, 0.4) is 0 Å². The van der Waals surface area contributed by atoms with E-state index in [2.05, 4.69) is 5.32 Å². The van der Waals surface area contributed by atoms with E-state index in [-0.39, 0.29) is 23.0 Å². The Kier molecular flexibility index (Phi) is 9.84. The highest BCUT2D eigenvalue weighted by atomic mass is 35.5. The lowest BCUT2D eigenvalue weighted by atomic mass is 10.1. The van der Waals surface area contributed by atoms with E-state index >= 15 is 0 Å². The Balaban J connectivity index is 2.05. The topological polar surface area (TPSA) is 86.8 Å². The number of sulfonamides is 1. The number of anilines is 1. The predicted octanol–water partition coefficient (Wildman–Crippen LogP) is 5.40. The van der Waals surface area contributed by atoms with Crippen LogP contribution in [0.15, 0.2) is 77.7 Å². The number of likely N-dealkylation sites (N-methyl/N-ethyl adjacent to an activating group) is 1. The molecule has 3 aromatic carbocycles. The van der Waals surface area contributed by atoms with Crippen LogP contribution >= 0.6 is 34.8 Å². The Morgan fingerprint density at radius 3 is 2.03 bits per heavy atom. The van der Waals surface area contributed by atoms with Gasteiger partial charge in [0.15, 0.2) is 0 Å². The van der Waals surface area contributed by atoms with Crippen molar-refractivity contribution in [1.29, 1.82) is 0 Å². The van der Waals surface area contributed by atoms with Crippen LogP contribution in [0.1, 0.15) is 18.9 Å². The molecule has 1 atom stereocenters. The predicted molar refractivity (Wildman–Crippen MR) is 148 cm³/mol. The van der Waals surface area contributed by atoms with E-state index in [4.69, 9.17) is 34.8 Å². The molecule has 37 heavy (non-hydrogen) atoms. The number of hydrogen-bond acceptors (Lipinski definition) is 4. The van der Waals surface area contributed by atoms with Gasteiger partial charge in [-0.25, -0.2) is 8.42 Å². The molecule has 2 amide bonds. The van der Waals surface area contributed by atoms with E-state index in [1.54, 1.807) is 49.4 Å². The zero-order valence-corrected chi connectivity index (χ0v) is 23.3. The number of halogens is 3. The molecule has 196 valence electrons. The second kappa shape index (κ2) is 12.6. The van der Waals surface area contributed by atoms with Gasteiger partial charge in [-0.2, -0.15) is 0 Å². The molecule has 0 fully saturated rings. The van der Waals surface area contributed by atoms with E-state index in [1.165, 1.54) is 42.3 Å². The summed E-state index contributed by atoms with van der Waals surface area (Å²) in [7, 11) is -2.72. The quantitative estimate of drug-likeness (QED) is 0.347. The van der Waals surface area contributed by atoms with Gasteiger partial charge in [0.1, 0.15) is 12.6 Å². The molecule has 0 aromatic heterocycles. The molecule has 0 saturated heterocycles. The molecule has 0 aliphatic rings. The molecule has 0 spiro atoms. The molecule has 0 bridgehead atoms. The van der Waals surface area contributed by atoms with E-state index in [0.29, 0.717) is 21.5 Å². The molecule has 1 N–H and O–H groups in total. The summed E-state index contributed by atoms with van der Waals surface area (Å²) in [5.41, 5.74) is 0.935. The molecular weight excluding hydrogens is 557 g/mol. The minimum atomic E-state index is -4.20. The summed E-state index contributed by atoms with van der Waals surface area (Å²) >= 11 is 18.1. The highest BCUT2D eigenvalue weighted by Crippen LogP contribution is 2.27. The van der Waals surface area contributed by atoms with Crippen LogP contribution in [0.25, 0.3) is 0 Å². The summed E-state index contributed by atoms with van der Waals surface area (Å²) in [6, 6.07) is 17.9. The number of nitrogens with one attached hydrogen (secondary N) is 1. The summed E-state index contributed by atoms with van der Waals surface area (Å²) in [4.78, 5) is 27.8. The highest BCUT2D eigenvalue weighted by Gasteiger charge is 2.33. The first kappa shape index (κ1) is 28.8. The maximum atomic E-state index is 13.8. The van der Waals surface area contributed by atoms with Crippen LogP contribution in [-0.4, -0.2) is 44.8 Å². The number of carbonyl (C=O) groups excluding carboxylic acids is 2. The van der Waals surface area contributed by atoms with Gasteiger partial charge in [-0.15, -0.1) is 0 Å². The van der Waals surface area contributed by atoms with Gasteiger partial charge in [0.2, 0.25) is 11.8 Å². The molecule has 0 aliphatic heterocycles. The van der Waals surface area contributed by atoms with E-state index in [9.17, 15) is 18.0 Å². The van der Waals surface area contributed by atoms with Gasteiger partial charge >= 0.3 is 0 Å². The van der Waals surface area contributed by atoms with Crippen LogP contribution in [0.4, 0.5) is 5.69 Å². The Labute approximate surface area is 232 Å². The zero-order chi connectivity index (χ0) is 27.2. The minimum Gasteiger partial charge on any atom is -0.357 e. The third kappa shape index (κ3) is 7.17. The van der Waals surface area contributed by atoms with Crippen LogP contribution in [0.5, 0.6) is 0 Å². The average Bonchev–Trinajstić information content (AvgIpc) is 2.88. The number of rotatable bonds is 10. The highest BCUT2D eigenvalue weighted by molar-refractivity contribution is 7.92. The van der Waals surface area contributed by atoms with Crippen molar-refractivity contribution in [2.75, 3.05) is 17.9 Å². The van der Waals surface area contributed by atoms with Gasteiger partial charge in [0.05, 0.1) is 10.6 Å². The molecule has 0 unspecified atom stereocenters. The molecule has 3 rings (SSSR count). The van der Waals surface area contributed by atoms with Gasteiger partial charge in [0.25, 0.3) is 10.0 Å². The van der Waals surface area contributed by atoms with Crippen molar-refractivity contribution < 1.29 is 18.0 Å². The zero-order valence-electron chi connectivity index (χ0n) is 20.2. The minimum absolute atomic E-state index is 0.0488. The van der Waals surface area contributed by atoms with Gasteiger partial charge in [-0.3, -0.25) is 13.9 Å². The van der Waals surface area contributed by atoms with Crippen molar-refractivity contribution in [3.8, 4) is 0 Å². The fourth-order valence-electron chi connectivity index (χ4n) is 3.77. The first-order chi connectivity index (χ1) is 17.6. The molecule has 0 radical (unpaired) electrons. The van der Waals surface area contributed by atoms with Crippen molar-refractivity contribution in [3.05, 3.63) is 93.4 Å². The van der Waals surface area contributed by atoms with Gasteiger partial charge in [-0.1, -0.05) is 59.9 Å². The fourth-order valence-corrected chi connectivity index (χ4v) is 5.61. The van der Waals surface area contributed by atoms with E-state index in [1.807, 2.05) is 0 Å². The van der Waals surface area contributed by atoms with Gasteiger partial charge in [-0.05, 0) is 66.6 Å². The summed E-state index contributed by atoms with van der Waals surface area (Å²) in [6.07, 6.45) is 0.320. The van der Waals surface area contributed by atoms with E-state index in [0.717, 1.165) is 9.87 Å². The van der Waals surface area contributed by atoms with Crippen LogP contribution in [-0.2, 0) is 26.2 Å². The average molecular weight is 583 g/mol. The van der Waals surface area contributed by atoms with Gasteiger partial charge in [0, 0.05) is 28.7 Å². The lowest BCUT2D eigenvalue weighted by molar-refractivity contribution is -0.140. The normalized spacial score (nSPS) is 12.0. The number of benzene rings is 3. The standard InChI is InChI=1S/C26H26Cl3N3O4S/c1-3-24(26(34)30-2)31(16-18-7-9-19(27)10-8-18)25(33)17-32(22-6-4-5-21(29)15-22)37(35,36)23-13-11-20(28)12-14-23/h4-15,24H,3,16-17H2,1-2H3,(H,30,34)/t24-/m1/s1. The SMILES string of the molecule is CC[C@H](C(=O)NC)N(Cc1ccc(Cl)cc1)C(=O)CN(c1cccc(Cl)c1)S(=O)(=O)c1ccc(Cl)cc1. The first-order valence-electron chi connectivity index (χ1n) is 11.4. The molecule has 0 saturated carbocycles. The Morgan fingerprint density at radius 2 is 1.49 bits per heavy atom. The maximum Gasteiger partial charge on any atom is 0.264 e. The van der Waals surface area contributed by atoms with Crippen LogP contribution in [0.2, 0.25) is 15.1 Å². The monoisotopic (exact) mass is 581 g/mol. The number of nitrogens with zero attached hydrogens (tertiary/aromatic N) is 2. The molecule has 7 nitrogen and oxygen atoms in total. The largest absolute Gasteiger partial charge is 0.357 e. The summed E-state index contributed by atoms with van der Waals surface area (Å²) in [5.74, 6) is -0.928. The van der Waals surface area contributed by atoms with Crippen LogP contribution < -0.4 is 9.62 Å². The number of hydrogen-bond donors (Lipinski definition) is 1. The number of amides is 2. The van der Waals surface area contributed by atoms with Crippen molar-refractivity contribution >= 4 is 62.3 Å². The molecule has 0 aliphatic carbocycles. The summed E-state index contributed by atoms with van der Waals surface area (Å²) < 4.78 is 28.4. The lowest BCUT2D eigenvalue weighted by Gasteiger charge is -2.33. The fraction of sp³-hybridized carbons (Fsp3) is 0.231. The first-order valence-corrected chi connectivity index (χ1v) is 13.9. The van der Waals surface area contributed by atoms with Crippen molar-refractivity contribution in [2.24, 2.45) is 0 Å². The third-order valence-electron chi connectivity index (χ3n) is 5.68. The van der Waals surface area contributed by atoms with Crippen molar-refractivity contribution in [2.45, 2.75) is 30.8 Å². The smallest absolute Gasteiger partial charge is 0.264 e. The summed E-state index contributed by atoms with van der Waals surface area (Å²) in [6.45, 7) is 1.29. The molecule has 3 aromatic rings. The number of carbonyl (C=O) groups is 2. The van der Waals surface area contributed by atoms with E-state index < -0.39 is 28.5 Å². The Morgan fingerprint density at radius 1 is 0.892 bits per heavy atom.